The van der Waals surface area contributed by atoms with E-state index in [0.29, 0.717) is 32.5 Å². The van der Waals surface area contributed by atoms with Crippen molar-refractivity contribution in [2.45, 2.75) is 39.2 Å². The van der Waals surface area contributed by atoms with Gasteiger partial charge in [-0.3, -0.25) is 4.79 Å². The zero-order chi connectivity index (χ0) is 20.4. The van der Waals surface area contributed by atoms with Crippen LogP contribution in [0.5, 0.6) is 5.75 Å². The van der Waals surface area contributed by atoms with Gasteiger partial charge in [-0.1, -0.05) is 19.1 Å². The lowest BCUT2D eigenvalue weighted by Gasteiger charge is -2.27. The number of benzene rings is 1. The smallest absolute Gasteiger partial charge is 0.221 e. The van der Waals surface area contributed by atoms with Crippen LogP contribution in [0.25, 0.3) is 0 Å². The fourth-order valence-electron chi connectivity index (χ4n) is 2.73. The second-order valence-corrected chi connectivity index (χ2v) is 7.30. The maximum Gasteiger partial charge on any atom is 0.221 e. The molecule has 0 radical (unpaired) electrons. The van der Waals surface area contributed by atoms with Crippen LogP contribution < -0.4 is 15.0 Å². The lowest BCUT2D eigenvalue weighted by Crippen LogP contribution is -2.37. The summed E-state index contributed by atoms with van der Waals surface area (Å²) in [6.45, 7) is 5.94. The van der Waals surface area contributed by atoms with Crippen LogP contribution in [0.1, 0.15) is 38.1 Å². The third-order valence-electron chi connectivity index (χ3n) is 4.53. The molecule has 0 bridgehead atoms. The number of ether oxygens (including phenoxy) is 2. The molecule has 2 aromatic rings. The van der Waals surface area contributed by atoms with Crippen molar-refractivity contribution in [3.63, 3.8) is 0 Å². The van der Waals surface area contributed by atoms with E-state index in [4.69, 9.17) is 14.5 Å². The van der Waals surface area contributed by atoms with Crippen LogP contribution in [0.3, 0.4) is 0 Å². The molecule has 0 fully saturated rings. The van der Waals surface area contributed by atoms with E-state index in [0.717, 1.165) is 28.7 Å². The fourth-order valence-corrected chi connectivity index (χ4v) is 3.54. The minimum Gasteiger partial charge on any atom is -0.497 e. The number of nitrogens with zero attached hydrogens (tertiary/aromatic N) is 3. The molecule has 7 nitrogen and oxygen atoms in total. The van der Waals surface area contributed by atoms with E-state index in [1.807, 2.05) is 24.3 Å². The first-order valence-electron chi connectivity index (χ1n) is 9.55. The normalized spacial score (nSPS) is 11.9. The summed E-state index contributed by atoms with van der Waals surface area (Å²) in [7, 11) is 3.28. The van der Waals surface area contributed by atoms with Crippen LogP contribution >= 0.6 is 11.5 Å². The van der Waals surface area contributed by atoms with Crippen molar-refractivity contribution in [3.8, 4) is 5.75 Å². The molecule has 0 saturated heterocycles. The van der Waals surface area contributed by atoms with Crippen molar-refractivity contribution in [3.05, 3.63) is 35.7 Å². The van der Waals surface area contributed by atoms with E-state index < -0.39 is 0 Å². The Morgan fingerprint density at radius 2 is 2.18 bits per heavy atom. The number of rotatable bonds is 12. The number of carbonyl (C=O) groups is 1. The SMILES string of the molecule is CC[C@H](C)N(CCC(=O)NCCOC)c1nc(Cc2cccc(OC)c2)ns1. The molecule has 8 heteroatoms. The average Bonchev–Trinajstić information content (AvgIpc) is 3.16. The predicted molar refractivity (Wildman–Crippen MR) is 112 cm³/mol. The molecular formula is C20H30N4O3S. The number of hydrogen-bond donors (Lipinski definition) is 1. The van der Waals surface area contributed by atoms with Gasteiger partial charge < -0.3 is 19.7 Å². The van der Waals surface area contributed by atoms with Crippen LogP contribution in [0.15, 0.2) is 24.3 Å². The Bertz CT molecular complexity index is 738. The molecule has 0 aliphatic heterocycles. The molecule has 0 aliphatic rings. The quantitative estimate of drug-likeness (QED) is 0.546. The Morgan fingerprint density at radius 1 is 1.36 bits per heavy atom. The van der Waals surface area contributed by atoms with Crippen molar-refractivity contribution in [2.24, 2.45) is 0 Å². The largest absolute Gasteiger partial charge is 0.497 e. The molecule has 1 N–H and O–H groups in total. The number of hydrogen-bond acceptors (Lipinski definition) is 7. The zero-order valence-electron chi connectivity index (χ0n) is 17.1. The molecular weight excluding hydrogens is 376 g/mol. The first-order chi connectivity index (χ1) is 13.6. The molecule has 1 atom stereocenters. The van der Waals surface area contributed by atoms with Gasteiger partial charge in [0.2, 0.25) is 11.0 Å². The molecule has 154 valence electrons. The highest BCUT2D eigenvalue weighted by atomic mass is 32.1. The third-order valence-corrected chi connectivity index (χ3v) is 5.32. The van der Waals surface area contributed by atoms with Crippen molar-refractivity contribution < 1.29 is 14.3 Å². The summed E-state index contributed by atoms with van der Waals surface area (Å²) < 4.78 is 14.8. The average molecular weight is 407 g/mol. The van der Waals surface area contributed by atoms with Crippen molar-refractivity contribution in [1.29, 1.82) is 0 Å². The Hall–Kier alpha value is -2.19. The Balaban J connectivity index is 2.01. The number of anilines is 1. The summed E-state index contributed by atoms with van der Waals surface area (Å²) in [5, 5.41) is 3.72. The summed E-state index contributed by atoms with van der Waals surface area (Å²) in [6, 6.07) is 8.21. The Morgan fingerprint density at radius 3 is 2.89 bits per heavy atom. The van der Waals surface area contributed by atoms with Gasteiger partial charge in [-0.15, -0.1) is 0 Å². The standard InChI is InChI=1S/C20H30N4O3S/c1-5-15(2)24(11-9-19(25)21-10-12-26-3)20-22-18(23-28-20)14-16-7-6-8-17(13-16)27-4/h6-8,13,15H,5,9-12,14H2,1-4H3,(H,21,25)/t15-/m0/s1. The molecule has 0 spiro atoms. The second kappa shape index (κ2) is 11.6. The highest BCUT2D eigenvalue weighted by molar-refractivity contribution is 7.09. The number of nitrogens with one attached hydrogen (secondary N) is 1. The minimum absolute atomic E-state index is 0.0199. The first-order valence-corrected chi connectivity index (χ1v) is 10.3. The van der Waals surface area contributed by atoms with E-state index >= 15 is 0 Å². The molecule has 0 aliphatic carbocycles. The fraction of sp³-hybridized carbons (Fsp3) is 0.550. The predicted octanol–water partition coefficient (Wildman–Crippen LogP) is 2.90. The topological polar surface area (TPSA) is 76.6 Å². The first kappa shape index (κ1) is 22.1. The molecule has 0 saturated carbocycles. The van der Waals surface area contributed by atoms with Gasteiger partial charge in [0, 0.05) is 50.6 Å². The van der Waals surface area contributed by atoms with Gasteiger partial charge in [0.05, 0.1) is 13.7 Å². The van der Waals surface area contributed by atoms with E-state index in [9.17, 15) is 4.79 Å². The van der Waals surface area contributed by atoms with Crippen molar-refractivity contribution in [2.75, 3.05) is 38.8 Å². The lowest BCUT2D eigenvalue weighted by atomic mass is 10.1. The molecule has 0 unspecified atom stereocenters. The van der Waals surface area contributed by atoms with E-state index in [1.165, 1.54) is 11.5 Å². The van der Waals surface area contributed by atoms with Crippen LogP contribution in [0.4, 0.5) is 5.13 Å². The summed E-state index contributed by atoms with van der Waals surface area (Å²) in [6.07, 6.45) is 2.04. The summed E-state index contributed by atoms with van der Waals surface area (Å²) >= 11 is 1.39. The third kappa shape index (κ3) is 6.76. The number of amides is 1. The van der Waals surface area contributed by atoms with Gasteiger partial charge in [0.25, 0.3) is 0 Å². The molecule has 2 rings (SSSR count). The zero-order valence-corrected chi connectivity index (χ0v) is 17.9. The van der Waals surface area contributed by atoms with Gasteiger partial charge in [0.15, 0.2) is 0 Å². The van der Waals surface area contributed by atoms with Crippen LogP contribution in [0.2, 0.25) is 0 Å². The Kier molecular flexibility index (Phi) is 9.16. The van der Waals surface area contributed by atoms with Gasteiger partial charge >= 0.3 is 0 Å². The van der Waals surface area contributed by atoms with Gasteiger partial charge in [-0.05, 0) is 31.0 Å². The molecule has 1 aromatic carbocycles. The van der Waals surface area contributed by atoms with Gasteiger partial charge in [0.1, 0.15) is 11.6 Å². The lowest BCUT2D eigenvalue weighted by molar-refractivity contribution is -0.121. The summed E-state index contributed by atoms with van der Waals surface area (Å²) in [5.74, 6) is 1.63. The maximum absolute atomic E-state index is 12.0. The monoisotopic (exact) mass is 406 g/mol. The van der Waals surface area contributed by atoms with E-state index in [-0.39, 0.29) is 11.9 Å². The molecule has 1 aromatic heterocycles. The van der Waals surface area contributed by atoms with E-state index in [1.54, 1.807) is 14.2 Å². The Labute approximate surface area is 171 Å². The van der Waals surface area contributed by atoms with Gasteiger partial charge in [-0.25, -0.2) is 4.98 Å². The van der Waals surface area contributed by atoms with Crippen molar-refractivity contribution in [1.82, 2.24) is 14.7 Å². The molecule has 28 heavy (non-hydrogen) atoms. The summed E-state index contributed by atoms with van der Waals surface area (Å²) in [5.41, 5.74) is 1.11. The van der Waals surface area contributed by atoms with Crippen LogP contribution in [0, 0.1) is 0 Å². The van der Waals surface area contributed by atoms with E-state index in [2.05, 4.69) is 28.4 Å². The highest BCUT2D eigenvalue weighted by Gasteiger charge is 2.19. The minimum atomic E-state index is 0.0199. The maximum atomic E-state index is 12.0. The molecule has 1 heterocycles. The van der Waals surface area contributed by atoms with Crippen LogP contribution in [-0.2, 0) is 16.0 Å². The number of methoxy groups -OCH3 is 2. The second-order valence-electron chi connectivity index (χ2n) is 6.56. The van der Waals surface area contributed by atoms with Crippen molar-refractivity contribution >= 4 is 22.6 Å². The summed E-state index contributed by atoms with van der Waals surface area (Å²) in [4.78, 5) is 18.9. The van der Waals surface area contributed by atoms with Gasteiger partial charge in [-0.2, -0.15) is 4.37 Å². The van der Waals surface area contributed by atoms with Crippen LogP contribution in [-0.4, -0.2) is 55.2 Å². The molecule has 1 amide bonds. The number of aromatic nitrogens is 2. The highest BCUT2D eigenvalue weighted by Crippen LogP contribution is 2.23. The number of carbonyl (C=O) groups excluding carboxylic acids is 1.